The van der Waals surface area contributed by atoms with E-state index in [1.165, 1.54) is 18.5 Å². The van der Waals surface area contributed by atoms with Crippen LogP contribution >= 0.6 is 0 Å². The Hall–Kier alpha value is -3.28. The van der Waals surface area contributed by atoms with E-state index in [2.05, 4.69) is 50.3 Å². The Labute approximate surface area is 164 Å². The van der Waals surface area contributed by atoms with Crippen LogP contribution in [0.3, 0.4) is 0 Å². The van der Waals surface area contributed by atoms with Crippen LogP contribution in [-0.2, 0) is 0 Å². The highest BCUT2D eigenvalue weighted by atomic mass is 16.3. The lowest BCUT2D eigenvalue weighted by Gasteiger charge is -2.43. The molecule has 2 atom stereocenters. The molecule has 2 bridgehead atoms. The fourth-order valence-corrected chi connectivity index (χ4v) is 4.59. The number of hydrogen-bond donors (Lipinski definition) is 2. The van der Waals surface area contributed by atoms with Gasteiger partial charge in [0.1, 0.15) is 5.75 Å². The molecule has 2 saturated heterocycles. The molecule has 0 saturated carbocycles. The molecule has 0 spiro atoms. The summed E-state index contributed by atoms with van der Waals surface area (Å²) in [4.78, 5) is 4.89. The van der Waals surface area contributed by atoms with Crippen molar-refractivity contribution in [3.8, 4) is 17.0 Å². The van der Waals surface area contributed by atoms with Crippen molar-refractivity contribution >= 4 is 17.2 Å². The number of anilines is 3. The Kier molecular flexibility index (Phi) is 4.04. The fraction of sp³-hybridized carbons (Fsp3) is 0.273. The summed E-state index contributed by atoms with van der Waals surface area (Å²) < 4.78 is 0. The molecule has 3 N–H and O–H groups in total. The van der Waals surface area contributed by atoms with Crippen LogP contribution in [0.5, 0.6) is 5.75 Å². The summed E-state index contributed by atoms with van der Waals surface area (Å²) in [6, 6.07) is 20.7. The minimum atomic E-state index is 0.196. The highest BCUT2D eigenvalue weighted by Crippen LogP contribution is 2.38. The van der Waals surface area contributed by atoms with Crippen LogP contribution in [0, 0.1) is 0 Å². The molecule has 2 unspecified atom stereocenters. The zero-order valence-electron chi connectivity index (χ0n) is 15.6. The average molecular weight is 373 g/mol. The van der Waals surface area contributed by atoms with Crippen molar-refractivity contribution in [1.29, 1.82) is 0 Å². The highest BCUT2D eigenvalue weighted by Gasteiger charge is 2.40. The molecule has 28 heavy (non-hydrogen) atoms. The molecular formula is C22H23N5O. The maximum Gasteiger partial charge on any atom is 0.169 e. The predicted octanol–water partition coefficient (Wildman–Crippen LogP) is 3.29. The van der Waals surface area contributed by atoms with Gasteiger partial charge in [0.15, 0.2) is 5.82 Å². The van der Waals surface area contributed by atoms with Crippen molar-refractivity contribution in [1.82, 2.24) is 10.2 Å². The molecule has 0 aliphatic carbocycles. The Balaban J connectivity index is 1.45. The van der Waals surface area contributed by atoms with E-state index in [1.807, 2.05) is 18.2 Å². The number of piperazine rings is 1. The number of para-hydroxylation sites is 2. The van der Waals surface area contributed by atoms with Crippen molar-refractivity contribution in [2.45, 2.75) is 24.9 Å². The van der Waals surface area contributed by atoms with E-state index >= 15 is 0 Å². The van der Waals surface area contributed by atoms with Gasteiger partial charge in [-0.3, -0.25) is 0 Å². The van der Waals surface area contributed by atoms with Gasteiger partial charge in [0.25, 0.3) is 0 Å². The van der Waals surface area contributed by atoms with Crippen molar-refractivity contribution in [2.75, 3.05) is 28.6 Å². The summed E-state index contributed by atoms with van der Waals surface area (Å²) in [7, 11) is 0. The normalized spacial score (nSPS) is 21.1. The van der Waals surface area contributed by atoms with Gasteiger partial charge in [0, 0.05) is 36.4 Å². The number of aromatic nitrogens is 2. The number of nitrogen functional groups attached to an aromatic ring is 1. The number of aromatic hydroxyl groups is 1. The molecule has 2 aliphatic rings. The zero-order valence-corrected chi connectivity index (χ0v) is 15.6. The number of fused-ring (bicyclic) bond motifs is 2. The molecule has 2 aromatic carbocycles. The van der Waals surface area contributed by atoms with Crippen LogP contribution in [0.25, 0.3) is 11.3 Å². The standard InChI is InChI=1S/C22H23N5O/c23-22-20(12-19(24-25-22)18-8-4-5-9-21(18)28)26-13-16-10-11-17(14-26)27(16)15-6-2-1-3-7-15/h1-9,12,16-17,28H,10-11,13-14H2,(H2,23,25). The monoisotopic (exact) mass is 373 g/mol. The lowest BCUT2D eigenvalue weighted by molar-refractivity contribution is 0.477. The molecule has 0 amide bonds. The second-order valence-corrected chi connectivity index (χ2v) is 7.55. The summed E-state index contributed by atoms with van der Waals surface area (Å²) in [6.45, 7) is 1.81. The zero-order chi connectivity index (χ0) is 19.1. The Morgan fingerprint density at radius 1 is 0.893 bits per heavy atom. The van der Waals surface area contributed by atoms with Gasteiger partial charge in [0.05, 0.1) is 11.4 Å². The van der Waals surface area contributed by atoms with Crippen LogP contribution in [0.15, 0.2) is 60.7 Å². The summed E-state index contributed by atoms with van der Waals surface area (Å²) in [5, 5.41) is 18.6. The number of rotatable bonds is 3. The second-order valence-electron chi connectivity index (χ2n) is 7.55. The number of hydrogen-bond acceptors (Lipinski definition) is 6. The maximum atomic E-state index is 10.2. The van der Waals surface area contributed by atoms with Gasteiger partial charge in [0.2, 0.25) is 0 Å². The topological polar surface area (TPSA) is 78.5 Å². The molecule has 142 valence electrons. The molecule has 0 radical (unpaired) electrons. The summed E-state index contributed by atoms with van der Waals surface area (Å²) in [5.41, 5.74) is 9.71. The van der Waals surface area contributed by atoms with E-state index in [0.29, 0.717) is 29.2 Å². The Morgan fingerprint density at radius 3 is 2.29 bits per heavy atom. The lowest BCUT2D eigenvalue weighted by Crippen LogP contribution is -2.54. The van der Waals surface area contributed by atoms with E-state index in [0.717, 1.165) is 18.8 Å². The number of nitrogens with zero attached hydrogens (tertiary/aromatic N) is 4. The van der Waals surface area contributed by atoms with Crippen molar-refractivity contribution in [3.63, 3.8) is 0 Å². The van der Waals surface area contributed by atoms with Gasteiger partial charge in [-0.1, -0.05) is 30.3 Å². The first-order chi connectivity index (χ1) is 13.7. The third-order valence-corrected chi connectivity index (χ3v) is 5.86. The van der Waals surface area contributed by atoms with E-state index in [1.54, 1.807) is 12.1 Å². The van der Waals surface area contributed by atoms with Gasteiger partial charge in [-0.15, -0.1) is 10.2 Å². The van der Waals surface area contributed by atoms with Gasteiger partial charge < -0.3 is 20.6 Å². The van der Waals surface area contributed by atoms with Crippen LogP contribution < -0.4 is 15.5 Å². The SMILES string of the molecule is Nc1nnc(-c2ccccc2O)cc1N1CC2CCC(C1)N2c1ccccc1. The van der Waals surface area contributed by atoms with E-state index < -0.39 is 0 Å². The van der Waals surface area contributed by atoms with Crippen LogP contribution in [-0.4, -0.2) is 40.5 Å². The molecule has 6 nitrogen and oxygen atoms in total. The minimum absolute atomic E-state index is 0.196. The molecule has 1 aromatic heterocycles. The van der Waals surface area contributed by atoms with Crippen LogP contribution in [0.1, 0.15) is 12.8 Å². The van der Waals surface area contributed by atoms with Gasteiger partial charge in [-0.2, -0.15) is 0 Å². The fourth-order valence-electron chi connectivity index (χ4n) is 4.59. The number of phenolic OH excluding ortho intramolecular Hbond substituents is 1. The van der Waals surface area contributed by atoms with Gasteiger partial charge in [-0.05, 0) is 43.2 Å². The smallest absolute Gasteiger partial charge is 0.169 e. The minimum Gasteiger partial charge on any atom is -0.507 e. The first-order valence-corrected chi connectivity index (χ1v) is 9.70. The maximum absolute atomic E-state index is 10.2. The molecule has 2 aliphatic heterocycles. The number of benzene rings is 2. The van der Waals surface area contributed by atoms with E-state index in [4.69, 9.17) is 5.73 Å². The Bertz CT molecular complexity index is 979. The number of phenols is 1. The largest absolute Gasteiger partial charge is 0.507 e. The molecule has 3 heterocycles. The van der Waals surface area contributed by atoms with Crippen molar-refractivity contribution in [2.24, 2.45) is 0 Å². The predicted molar refractivity (Wildman–Crippen MR) is 111 cm³/mol. The first-order valence-electron chi connectivity index (χ1n) is 9.70. The molecular weight excluding hydrogens is 350 g/mol. The molecule has 6 heteroatoms. The lowest BCUT2D eigenvalue weighted by atomic mass is 10.1. The molecule has 3 aromatic rings. The first kappa shape index (κ1) is 16.9. The van der Waals surface area contributed by atoms with Gasteiger partial charge in [-0.25, -0.2) is 0 Å². The number of nitrogens with two attached hydrogens (primary N) is 1. The highest BCUT2D eigenvalue weighted by molar-refractivity contribution is 5.74. The third-order valence-electron chi connectivity index (χ3n) is 5.86. The van der Waals surface area contributed by atoms with Crippen LogP contribution in [0.4, 0.5) is 17.2 Å². The quantitative estimate of drug-likeness (QED) is 0.733. The van der Waals surface area contributed by atoms with Crippen molar-refractivity contribution < 1.29 is 5.11 Å². The molecule has 2 fully saturated rings. The van der Waals surface area contributed by atoms with E-state index in [9.17, 15) is 5.11 Å². The summed E-state index contributed by atoms with van der Waals surface area (Å²) in [5.74, 6) is 0.633. The third kappa shape index (κ3) is 2.81. The average Bonchev–Trinajstić information content (AvgIpc) is 2.99. The van der Waals surface area contributed by atoms with Gasteiger partial charge >= 0.3 is 0 Å². The van der Waals surface area contributed by atoms with E-state index in [-0.39, 0.29) is 5.75 Å². The van der Waals surface area contributed by atoms with Crippen molar-refractivity contribution in [3.05, 3.63) is 60.7 Å². The summed E-state index contributed by atoms with van der Waals surface area (Å²) >= 11 is 0. The molecule has 5 rings (SSSR count). The summed E-state index contributed by atoms with van der Waals surface area (Å²) in [6.07, 6.45) is 2.36. The Morgan fingerprint density at radius 2 is 1.57 bits per heavy atom. The van der Waals surface area contributed by atoms with Crippen LogP contribution in [0.2, 0.25) is 0 Å². The second kappa shape index (κ2) is 6.71.